The van der Waals surface area contributed by atoms with Gasteiger partial charge in [0, 0.05) is 6.54 Å². The van der Waals surface area contributed by atoms with Gasteiger partial charge in [0.15, 0.2) is 0 Å². The van der Waals surface area contributed by atoms with Crippen molar-refractivity contribution in [3.05, 3.63) is 12.7 Å². The average Bonchev–Trinajstić information content (AvgIpc) is 1.78. The van der Waals surface area contributed by atoms with Crippen molar-refractivity contribution < 1.29 is 0 Å². The Morgan fingerprint density at radius 2 is 2.00 bits per heavy atom. The summed E-state index contributed by atoms with van der Waals surface area (Å²) in [7, 11) is 0. The van der Waals surface area contributed by atoms with Crippen LogP contribution in [0.5, 0.6) is 0 Å². The van der Waals surface area contributed by atoms with Crippen LogP contribution in [0, 0.1) is 5.41 Å². The molecular weight excluding hydrogens is 122 g/mol. The zero-order valence-corrected chi connectivity index (χ0v) is 7.41. The summed E-state index contributed by atoms with van der Waals surface area (Å²) in [4.78, 5) is 0. The highest BCUT2D eigenvalue weighted by Gasteiger charge is 2.07. The predicted octanol–water partition coefficient (Wildman–Crippen LogP) is 2.20. The molecule has 0 bridgehead atoms. The maximum absolute atomic E-state index is 3.63. The molecule has 1 N–H and O–H groups in total. The molecular formula is C9H19N. The lowest BCUT2D eigenvalue weighted by molar-refractivity contribution is 0.370. The zero-order valence-electron chi connectivity index (χ0n) is 7.41. The molecule has 0 saturated carbocycles. The first-order valence-corrected chi connectivity index (χ1v) is 3.88. The lowest BCUT2D eigenvalue weighted by Gasteiger charge is -2.17. The van der Waals surface area contributed by atoms with Crippen LogP contribution in [0.4, 0.5) is 0 Å². The van der Waals surface area contributed by atoms with Crippen LogP contribution in [-0.4, -0.2) is 13.1 Å². The molecule has 0 rings (SSSR count). The third-order valence-electron chi connectivity index (χ3n) is 1.34. The van der Waals surface area contributed by atoms with Crippen LogP contribution < -0.4 is 5.32 Å². The monoisotopic (exact) mass is 141 g/mol. The largest absolute Gasteiger partial charge is 0.313 e. The van der Waals surface area contributed by atoms with E-state index in [-0.39, 0.29) is 0 Å². The van der Waals surface area contributed by atoms with Crippen molar-refractivity contribution in [3.63, 3.8) is 0 Å². The lowest BCUT2D eigenvalue weighted by atomic mass is 9.92. The van der Waals surface area contributed by atoms with Crippen molar-refractivity contribution in [2.24, 2.45) is 5.41 Å². The van der Waals surface area contributed by atoms with E-state index >= 15 is 0 Å². The van der Waals surface area contributed by atoms with Gasteiger partial charge in [-0.15, -0.1) is 6.58 Å². The first-order chi connectivity index (χ1) is 4.56. The van der Waals surface area contributed by atoms with Gasteiger partial charge >= 0.3 is 0 Å². The second-order valence-electron chi connectivity index (χ2n) is 3.80. The van der Waals surface area contributed by atoms with Crippen molar-refractivity contribution in [2.45, 2.75) is 27.2 Å². The van der Waals surface area contributed by atoms with E-state index in [0.29, 0.717) is 5.41 Å². The van der Waals surface area contributed by atoms with Gasteiger partial charge in [0.25, 0.3) is 0 Å². The summed E-state index contributed by atoms with van der Waals surface area (Å²) in [5, 5.41) is 3.27. The van der Waals surface area contributed by atoms with E-state index in [2.05, 4.69) is 32.7 Å². The van der Waals surface area contributed by atoms with Gasteiger partial charge in [0.1, 0.15) is 0 Å². The summed E-state index contributed by atoms with van der Waals surface area (Å²) < 4.78 is 0. The minimum atomic E-state index is 0.453. The van der Waals surface area contributed by atoms with Gasteiger partial charge in [-0.3, -0.25) is 0 Å². The van der Waals surface area contributed by atoms with Crippen LogP contribution in [0.25, 0.3) is 0 Å². The fraction of sp³-hybridized carbons (Fsp3) is 0.778. The molecule has 0 aliphatic heterocycles. The second-order valence-corrected chi connectivity index (χ2v) is 3.80. The molecule has 0 radical (unpaired) electrons. The van der Waals surface area contributed by atoms with Gasteiger partial charge in [-0.05, 0) is 18.4 Å². The molecule has 0 aliphatic rings. The topological polar surface area (TPSA) is 12.0 Å². The molecule has 0 aromatic carbocycles. The summed E-state index contributed by atoms with van der Waals surface area (Å²) in [6.07, 6.45) is 3.11. The molecule has 0 spiro atoms. The fourth-order valence-electron chi connectivity index (χ4n) is 0.668. The molecule has 0 aliphatic carbocycles. The van der Waals surface area contributed by atoms with Crippen LogP contribution >= 0.6 is 0 Å². The normalized spacial score (nSPS) is 11.5. The highest BCUT2D eigenvalue weighted by molar-refractivity contribution is 4.71. The highest BCUT2D eigenvalue weighted by Crippen LogP contribution is 2.16. The van der Waals surface area contributed by atoms with Crippen molar-refractivity contribution in [3.8, 4) is 0 Å². The number of rotatable bonds is 4. The molecule has 10 heavy (non-hydrogen) atoms. The number of hydrogen-bond acceptors (Lipinski definition) is 1. The van der Waals surface area contributed by atoms with Crippen molar-refractivity contribution in [2.75, 3.05) is 13.1 Å². The highest BCUT2D eigenvalue weighted by atomic mass is 14.8. The molecule has 0 unspecified atom stereocenters. The van der Waals surface area contributed by atoms with E-state index in [0.717, 1.165) is 13.1 Å². The molecule has 0 aromatic rings. The van der Waals surface area contributed by atoms with Crippen molar-refractivity contribution in [1.82, 2.24) is 5.32 Å². The minimum absolute atomic E-state index is 0.453. The third kappa shape index (κ3) is 7.70. The SMILES string of the molecule is C=CCNCCC(C)(C)C. The molecule has 0 amide bonds. The Bertz CT molecular complexity index is 89.4. The van der Waals surface area contributed by atoms with Crippen LogP contribution in [-0.2, 0) is 0 Å². The molecule has 0 saturated heterocycles. The summed E-state index contributed by atoms with van der Waals surface area (Å²) in [6.45, 7) is 12.4. The molecule has 1 nitrogen and oxygen atoms in total. The Morgan fingerprint density at radius 3 is 2.40 bits per heavy atom. The van der Waals surface area contributed by atoms with Crippen LogP contribution in [0.1, 0.15) is 27.2 Å². The van der Waals surface area contributed by atoms with Crippen LogP contribution in [0.2, 0.25) is 0 Å². The van der Waals surface area contributed by atoms with Crippen molar-refractivity contribution >= 4 is 0 Å². The van der Waals surface area contributed by atoms with E-state index < -0.39 is 0 Å². The Morgan fingerprint density at radius 1 is 1.40 bits per heavy atom. The smallest absolute Gasteiger partial charge is 0.0132 e. The Hall–Kier alpha value is -0.300. The maximum atomic E-state index is 3.63. The molecule has 0 aromatic heterocycles. The van der Waals surface area contributed by atoms with Crippen LogP contribution in [0.15, 0.2) is 12.7 Å². The maximum Gasteiger partial charge on any atom is 0.0132 e. The number of nitrogens with one attached hydrogen (secondary N) is 1. The predicted molar refractivity (Wildman–Crippen MR) is 47.1 cm³/mol. The molecule has 60 valence electrons. The van der Waals surface area contributed by atoms with Gasteiger partial charge in [-0.25, -0.2) is 0 Å². The minimum Gasteiger partial charge on any atom is -0.313 e. The lowest BCUT2D eigenvalue weighted by Crippen LogP contribution is -2.20. The van der Waals surface area contributed by atoms with Gasteiger partial charge in [0.2, 0.25) is 0 Å². The van der Waals surface area contributed by atoms with Gasteiger partial charge in [-0.2, -0.15) is 0 Å². The van der Waals surface area contributed by atoms with Crippen molar-refractivity contribution in [1.29, 1.82) is 0 Å². The van der Waals surface area contributed by atoms with E-state index in [1.54, 1.807) is 0 Å². The quantitative estimate of drug-likeness (QED) is 0.467. The fourth-order valence-corrected chi connectivity index (χ4v) is 0.668. The van der Waals surface area contributed by atoms with Gasteiger partial charge in [-0.1, -0.05) is 26.8 Å². The number of hydrogen-bond donors (Lipinski definition) is 1. The van der Waals surface area contributed by atoms with E-state index in [1.807, 2.05) is 6.08 Å². The summed E-state index contributed by atoms with van der Waals surface area (Å²) in [5.41, 5.74) is 0.453. The first kappa shape index (κ1) is 9.70. The second kappa shape index (κ2) is 4.51. The van der Waals surface area contributed by atoms with E-state index in [1.165, 1.54) is 6.42 Å². The summed E-state index contributed by atoms with van der Waals surface area (Å²) in [5.74, 6) is 0. The van der Waals surface area contributed by atoms with Gasteiger partial charge < -0.3 is 5.32 Å². The zero-order chi connectivity index (χ0) is 8.04. The van der Waals surface area contributed by atoms with E-state index in [4.69, 9.17) is 0 Å². The Labute approximate surface area is 64.5 Å². The standard InChI is InChI=1S/C9H19N/c1-5-7-10-8-6-9(2,3)4/h5,10H,1,6-8H2,2-4H3. The molecule has 0 heterocycles. The summed E-state index contributed by atoms with van der Waals surface area (Å²) in [6, 6.07) is 0. The summed E-state index contributed by atoms with van der Waals surface area (Å²) >= 11 is 0. The first-order valence-electron chi connectivity index (χ1n) is 3.88. The average molecular weight is 141 g/mol. The van der Waals surface area contributed by atoms with Gasteiger partial charge in [0.05, 0.1) is 0 Å². The Kier molecular flexibility index (Phi) is 4.37. The molecule has 0 fully saturated rings. The molecule has 0 atom stereocenters. The Balaban J connectivity index is 3.12. The van der Waals surface area contributed by atoms with Crippen LogP contribution in [0.3, 0.4) is 0 Å². The van der Waals surface area contributed by atoms with E-state index in [9.17, 15) is 0 Å². The third-order valence-corrected chi connectivity index (χ3v) is 1.34. The molecule has 1 heteroatoms.